The van der Waals surface area contributed by atoms with Crippen LogP contribution in [0.15, 0.2) is 126 Å². The van der Waals surface area contributed by atoms with Crippen molar-refractivity contribution >= 4 is 44.1 Å². The van der Waals surface area contributed by atoms with E-state index in [1.54, 1.807) is 59.5 Å². The molecule has 0 unspecified atom stereocenters. The Bertz CT molecular complexity index is 2170. The van der Waals surface area contributed by atoms with Crippen molar-refractivity contribution in [3.8, 4) is 11.4 Å². The molecule has 6 aromatic rings. The standard InChI is InChI=1S/C37H36N6O5S/c1-37(2,3)34-25-35(43(41-34)28-13-15-29(16-14-28)49(45,46)48-42-27-9-5-4-6-10-27)40-36(44)39-32-17-18-33(31-12-8-7-11-30(31)32)47-24-21-26-19-22-38-23-20-26/h4-20,22-23,25,42H,21,24H2,1-3H3,(H2,39,40,44). The van der Waals surface area contributed by atoms with Gasteiger partial charge in [-0.2, -0.15) is 13.5 Å². The molecule has 0 saturated heterocycles. The molecular formula is C37H36N6O5S. The van der Waals surface area contributed by atoms with Crippen molar-refractivity contribution in [3.05, 3.63) is 133 Å². The molecule has 11 nitrogen and oxygen atoms in total. The van der Waals surface area contributed by atoms with Crippen LogP contribution in [0.25, 0.3) is 16.5 Å². The molecule has 0 spiro atoms. The van der Waals surface area contributed by atoms with Crippen LogP contribution >= 0.6 is 0 Å². The second kappa shape index (κ2) is 14.2. The summed E-state index contributed by atoms with van der Waals surface area (Å²) < 4.78 is 38.4. The number of rotatable bonds is 11. The first-order valence-corrected chi connectivity index (χ1v) is 17.0. The fourth-order valence-electron chi connectivity index (χ4n) is 5.05. The molecule has 12 heteroatoms. The summed E-state index contributed by atoms with van der Waals surface area (Å²) in [4.78, 5) is 17.5. The third-order valence-electron chi connectivity index (χ3n) is 7.66. The molecule has 0 radical (unpaired) electrons. The number of aromatic nitrogens is 3. The Morgan fingerprint density at radius 1 is 0.816 bits per heavy atom. The number of nitrogens with zero attached hydrogens (tertiary/aromatic N) is 3. The lowest BCUT2D eigenvalue weighted by Gasteiger charge is -2.14. The molecule has 0 fully saturated rings. The molecule has 2 heterocycles. The van der Waals surface area contributed by atoms with Crippen molar-refractivity contribution in [2.45, 2.75) is 37.5 Å². The summed E-state index contributed by atoms with van der Waals surface area (Å²) in [7, 11) is -4.11. The molecule has 2 aromatic heterocycles. The molecule has 0 aliphatic heterocycles. The molecule has 2 amide bonds. The quantitative estimate of drug-likeness (QED) is 0.119. The average molecular weight is 677 g/mol. The van der Waals surface area contributed by atoms with E-state index in [4.69, 9.17) is 14.1 Å². The van der Waals surface area contributed by atoms with Crippen LogP contribution in [-0.2, 0) is 26.2 Å². The number of urea groups is 1. The van der Waals surface area contributed by atoms with Crippen LogP contribution in [0.1, 0.15) is 32.0 Å². The predicted molar refractivity (Wildman–Crippen MR) is 191 cm³/mol. The second-order valence-electron chi connectivity index (χ2n) is 12.3. The third-order valence-corrected chi connectivity index (χ3v) is 8.81. The molecule has 0 aliphatic carbocycles. The number of hydrogen-bond acceptors (Lipinski definition) is 8. The monoisotopic (exact) mass is 676 g/mol. The van der Waals surface area contributed by atoms with E-state index >= 15 is 0 Å². The zero-order valence-corrected chi connectivity index (χ0v) is 28.1. The predicted octanol–water partition coefficient (Wildman–Crippen LogP) is 7.72. The van der Waals surface area contributed by atoms with Crippen LogP contribution < -0.4 is 20.9 Å². The Labute approximate surface area is 285 Å². The molecule has 0 saturated carbocycles. The molecule has 6 rings (SSSR count). The van der Waals surface area contributed by atoms with E-state index in [-0.39, 0.29) is 10.3 Å². The van der Waals surface area contributed by atoms with Gasteiger partial charge in [-0.15, -0.1) is 4.28 Å². The van der Waals surface area contributed by atoms with Crippen molar-refractivity contribution in [1.29, 1.82) is 0 Å². The minimum absolute atomic E-state index is 0.0493. The number of ether oxygens (including phenoxy) is 1. The van der Waals surface area contributed by atoms with E-state index < -0.39 is 16.1 Å². The summed E-state index contributed by atoms with van der Waals surface area (Å²) in [6.07, 6.45) is 4.26. The van der Waals surface area contributed by atoms with Crippen molar-refractivity contribution in [3.63, 3.8) is 0 Å². The highest BCUT2D eigenvalue weighted by Crippen LogP contribution is 2.32. The van der Waals surface area contributed by atoms with Gasteiger partial charge >= 0.3 is 16.1 Å². The van der Waals surface area contributed by atoms with E-state index in [1.165, 1.54) is 12.1 Å². The molecule has 3 N–H and O–H groups in total. The van der Waals surface area contributed by atoms with Crippen molar-refractivity contribution in [2.24, 2.45) is 0 Å². The number of hydrogen-bond donors (Lipinski definition) is 3. The summed E-state index contributed by atoms with van der Waals surface area (Å²) in [6.45, 7) is 6.54. The minimum atomic E-state index is -4.11. The SMILES string of the molecule is CC(C)(C)c1cc(NC(=O)Nc2ccc(OCCc3ccncc3)c3ccccc23)n(-c2ccc(S(=O)(=O)ONc3ccccc3)cc2)n1. The molecule has 4 aromatic carbocycles. The summed E-state index contributed by atoms with van der Waals surface area (Å²) in [5, 5.41) is 12.3. The molecule has 250 valence electrons. The van der Waals surface area contributed by atoms with Gasteiger partial charge in [-0.25, -0.2) is 15.0 Å². The highest BCUT2D eigenvalue weighted by Gasteiger charge is 2.23. The number of pyridine rings is 1. The molecule has 49 heavy (non-hydrogen) atoms. The maximum Gasteiger partial charge on any atom is 0.324 e. The second-order valence-corrected chi connectivity index (χ2v) is 13.8. The summed E-state index contributed by atoms with van der Waals surface area (Å²) in [5.74, 6) is 1.12. The fraction of sp³-hybridized carbons (Fsp3) is 0.162. The first-order chi connectivity index (χ1) is 23.6. The minimum Gasteiger partial charge on any atom is -0.493 e. The number of carbonyl (C=O) groups is 1. The summed E-state index contributed by atoms with van der Waals surface area (Å²) >= 11 is 0. The van der Waals surface area contributed by atoms with Gasteiger partial charge in [0.25, 0.3) is 0 Å². The third kappa shape index (κ3) is 8.06. The normalized spacial score (nSPS) is 11.7. The van der Waals surface area contributed by atoms with E-state index in [0.29, 0.717) is 29.5 Å². The number of para-hydroxylation sites is 1. The van der Waals surface area contributed by atoms with Gasteiger partial charge in [-0.3, -0.25) is 10.3 Å². The Kier molecular flexibility index (Phi) is 9.61. The van der Waals surface area contributed by atoms with Gasteiger partial charge in [0.15, 0.2) is 0 Å². The van der Waals surface area contributed by atoms with Crippen LogP contribution in [0.2, 0.25) is 0 Å². The van der Waals surface area contributed by atoms with Gasteiger partial charge in [0, 0.05) is 41.1 Å². The van der Waals surface area contributed by atoms with Crippen LogP contribution in [0, 0.1) is 0 Å². The van der Waals surface area contributed by atoms with Gasteiger partial charge < -0.3 is 10.1 Å². The fourth-order valence-corrected chi connectivity index (χ4v) is 5.82. The zero-order valence-electron chi connectivity index (χ0n) is 27.3. The van der Waals surface area contributed by atoms with Crippen LogP contribution in [0.4, 0.5) is 22.0 Å². The van der Waals surface area contributed by atoms with Crippen molar-refractivity contribution in [2.75, 3.05) is 22.7 Å². The number of anilines is 3. The van der Waals surface area contributed by atoms with Gasteiger partial charge in [0.2, 0.25) is 0 Å². The Morgan fingerprint density at radius 2 is 1.51 bits per heavy atom. The maximum atomic E-state index is 13.5. The largest absolute Gasteiger partial charge is 0.493 e. The topological polar surface area (TPSA) is 136 Å². The molecule has 0 aliphatic rings. The Morgan fingerprint density at radius 3 is 2.22 bits per heavy atom. The maximum absolute atomic E-state index is 13.5. The smallest absolute Gasteiger partial charge is 0.324 e. The van der Waals surface area contributed by atoms with Crippen LogP contribution in [0.3, 0.4) is 0 Å². The van der Waals surface area contributed by atoms with Crippen LogP contribution in [0.5, 0.6) is 5.75 Å². The lowest BCUT2D eigenvalue weighted by molar-refractivity contribution is 0.262. The average Bonchev–Trinajstić information content (AvgIpc) is 3.54. The number of carbonyl (C=O) groups excluding carboxylic acids is 1. The van der Waals surface area contributed by atoms with E-state index in [1.807, 2.05) is 75.4 Å². The van der Waals surface area contributed by atoms with Gasteiger partial charge in [0.1, 0.15) is 11.6 Å². The highest BCUT2D eigenvalue weighted by atomic mass is 32.2. The van der Waals surface area contributed by atoms with E-state index in [9.17, 15) is 13.2 Å². The first kappa shape index (κ1) is 33.2. The van der Waals surface area contributed by atoms with Crippen molar-refractivity contribution < 1.29 is 22.2 Å². The summed E-state index contributed by atoms with van der Waals surface area (Å²) in [5.41, 5.74) is 5.64. The molecular weight excluding hydrogens is 641 g/mol. The van der Waals surface area contributed by atoms with Gasteiger partial charge in [-0.1, -0.05) is 63.2 Å². The Balaban J connectivity index is 1.19. The lowest BCUT2D eigenvalue weighted by atomic mass is 9.92. The van der Waals surface area contributed by atoms with Crippen LogP contribution in [-0.4, -0.2) is 35.8 Å². The van der Waals surface area contributed by atoms with E-state index in [2.05, 4.69) is 21.1 Å². The van der Waals surface area contributed by atoms with E-state index in [0.717, 1.165) is 34.2 Å². The van der Waals surface area contributed by atoms with Gasteiger partial charge in [-0.05, 0) is 66.2 Å². The van der Waals surface area contributed by atoms with Gasteiger partial charge in [0.05, 0.1) is 34.3 Å². The number of benzene rings is 4. The number of nitrogens with one attached hydrogen (secondary N) is 3. The highest BCUT2D eigenvalue weighted by molar-refractivity contribution is 7.86. The molecule has 0 bridgehead atoms. The summed E-state index contributed by atoms with van der Waals surface area (Å²) in [6, 6.07) is 31.4. The zero-order chi connectivity index (χ0) is 34.4. The number of fused-ring (bicyclic) bond motifs is 1. The Hall–Kier alpha value is -5.72. The molecule has 0 atom stereocenters. The first-order valence-electron chi connectivity index (χ1n) is 15.6. The van der Waals surface area contributed by atoms with Crippen molar-refractivity contribution in [1.82, 2.24) is 14.8 Å². The number of amides is 2. The lowest BCUT2D eigenvalue weighted by Crippen LogP contribution is -2.21.